The minimum absolute atomic E-state index is 0.660. The largest absolute Gasteiger partial charge is 0.260 e. The van der Waals surface area contributed by atoms with Crippen molar-refractivity contribution >= 4 is 23.2 Å². The average molecular weight is 190 g/mol. The summed E-state index contributed by atoms with van der Waals surface area (Å²) < 4.78 is 0. The quantitative estimate of drug-likeness (QED) is 0.667. The summed E-state index contributed by atoms with van der Waals surface area (Å²) in [6, 6.07) is 3.67. The van der Waals surface area contributed by atoms with Crippen molar-refractivity contribution in [3.63, 3.8) is 0 Å². The molecular formula is C8H9Cl2N. The zero-order valence-corrected chi connectivity index (χ0v) is 7.57. The Balaban J connectivity index is 2.62. The van der Waals surface area contributed by atoms with E-state index in [1.807, 2.05) is 12.1 Å². The molecule has 0 unspecified atom stereocenters. The first-order chi connectivity index (χ1) is 5.34. The SMILES string of the molecule is ClCCCc1ncccc1Cl. The number of alkyl halides is 1. The first kappa shape index (κ1) is 8.82. The van der Waals surface area contributed by atoms with Crippen molar-refractivity contribution in [3.8, 4) is 0 Å². The maximum absolute atomic E-state index is 5.85. The molecule has 0 fully saturated rings. The number of pyridine rings is 1. The predicted octanol–water partition coefficient (Wildman–Crippen LogP) is 2.91. The molecule has 0 saturated heterocycles. The lowest BCUT2D eigenvalue weighted by Gasteiger charge is -1.99. The van der Waals surface area contributed by atoms with Gasteiger partial charge in [-0.25, -0.2) is 0 Å². The van der Waals surface area contributed by atoms with Gasteiger partial charge < -0.3 is 0 Å². The van der Waals surface area contributed by atoms with Gasteiger partial charge in [-0.05, 0) is 25.0 Å². The van der Waals surface area contributed by atoms with E-state index in [0.717, 1.165) is 23.6 Å². The van der Waals surface area contributed by atoms with Crippen LogP contribution in [-0.4, -0.2) is 10.9 Å². The second kappa shape index (κ2) is 4.58. The molecule has 1 aromatic heterocycles. The Labute approximate surface area is 76.4 Å². The standard InChI is InChI=1S/C8H9Cl2N/c9-5-1-4-8-7(10)3-2-6-11-8/h2-3,6H,1,4-5H2. The lowest BCUT2D eigenvalue weighted by molar-refractivity contribution is 0.888. The van der Waals surface area contributed by atoms with E-state index in [4.69, 9.17) is 23.2 Å². The van der Waals surface area contributed by atoms with E-state index >= 15 is 0 Å². The molecule has 0 radical (unpaired) electrons. The maximum Gasteiger partial charge on any atom is 0.0621 e. The minimum Gasteiger partial charge on any atom is -0.260 e. The number of rotatable bonds is 3. The third kappa shape index (κ3) is 2.68. The molecule has 0 aromatic carbocycles. The molecule has 1 nitrogen and oxygen atoms in total. The van der Waals surface area contributed by atoms with Crippen LogP contribution in [0.15, 0.2) is 18.3 Å². The first-order valence-corrected chi connectivity index (χ1v) is 4.41. The zero-order chi connectivity index (χ0) is 8.10. The highest BCUT2D eigenvalue weighted by Crippen LogP contribution is 2.13. The number of aryl methyl sites for hydroxylation is 1. The van der Waals surface area contributed by atoms with Crippen molar-refractivity contribution in [3.05, 3.63) is 29.0 Å². The molecule has 0 aliphatic carbocycles. The Hall–Kier alpha value is -0.270. The topological polar surface area (TPSA) is 12.9 Å². The van der Waals surface area contributed by atoms with Crippen LogP contribution < -0.4 is 0 Å². The van der Waals surface area contributed by atoms with Crippen molar-refractivity contribution in [2.24, 2.45) is 0 Å². The van der Waals surface area contributed by atoms with Crippen LogP contribution in [0.4, 0.5) is 0 Å². The Kier molecular flexibility index (Phi) is 3.67. The van der Waals surface area contributed by atoms with Gasteiger partial charge in [-0.2, -0.15) is 0 Å². The Bertz CT molecular complexity index is 225. The van der Waals surface area contributed by atoms with E-state index in [9.17, 15) is 0 Å². The van der Waals surface area contributed by atoms with Crippen LogP contribution in [0.1, 0.15) is 12.1 Å². The van der Waals surface area contributed by atoms with Gasteiger partial charge in [-0.1, -0.05) is 11.6 Å². The number of halogens is 2. The van der Waals surface area contributed by atoms with E-state index in [1.165, 1.54) is 0 Å². The Morgan fingerprint density at radius 2 is 2.27 bits per heavy atom. The molecular weight excluding hydrogens is 181 g/mol. The van der Waals surface area contributed by atoms with Gasteiger partial charge in [0.2, 0.25) is 0 Å². The number of aromatic nitrogens is 1. The molecule has 0 aliphatic rings. The van der Waals surface area contributed by atoms with E-state index in [0.29, 0.717) is 5.88 Å². The molecule has 1 rings (SSSR count). The van der Waals surface area contributed by atoms with Gasteiger partial charge >= 0.3 is 0 Å². The lowest BCUT2D eigenvalue weighted by atomic mass is 10.2. The van der Waals surface area contributed by atoms with E-state index in [1.54, 1.807) is 6.20 Å². The summed E-state index contributed by atoms with van der Waals surface area (Å²) in [6.45, 7) is 0. The number of hydrogen-bond donors (Lipinski definition) is 0. The minimum atomic E-state index is 0.660. The highest BCUT2D eigenvalue weighted by molar-refractivity contribution is 6.31. The van der Waals surface area contributed by atoms with Crippen molar-refractivity contribution < 1.29 is 0 Å². The van der Waals surface area contributed by atoms with Crippen molar-refractivity contribution in [2.45, 2.75) is 12.8 Å². The van der Waals surface area contributed by atoms with Crippen LogP contribution >= 0.6 is 23.2 Å². The second-order valence-electron chi connectivity index (χ2n) is 2.22. The van der Waals surface area contributed by atoms with Crippen LogP contribution in [0.5, 0.6) is 0 Å². The molecule has 0 amide bonds. The van der Waals surface area contributed by atoms with Gasteiger partial charge in [-0.15, -0.1) is 11.6 Å². The molecule has 60 valence electrons. The summed E-state index contributed by atoms with van der Waals surface area (Å²) in [5.74, 6) is 0.660. The molecule has 0 bridgehead atoms. The Morgan fingerprint density at radius 1 is 1.45 bits per heavy atom. The van der Waals surface area contributed by atoms with Gasteiger partial charge in [0.25, 0.3) is 0 Å². The smallest absolute Gasteiger partial charge is 0.0621 e. The molecule has 0 aliphatic heterocycles. The molecule has 0 saturated carbocycles. The van der Waals surface area contributed by atoms with Gasteiger partial charge in [0.1, 0.15) is 0 Å². The molecule has 11 heavy (non-hydrogen) atoms. The fraction of sp³-hybridized carbons (Fsp3) is 0.375. The highest BCUT2D eigenvalue weighted by Gasteiger charge is 1.98. The molecule has 1 heterocycles. The third-order valence-electron chi connectivity index (χ3n) is 1.38. The van der Waals surface area contributed by atoms with E-state index in [2.05, 4.69) is 4.98 Å². The summed E-state index contributed by atoms with van der Waals surface area (Å²) in [5, 5.41) is 0.734. The van der Waals surface area contributed by atoms with Crippen LogP contribution in [0, 0.1) is 0 Å². The summed E-state index contributed by atoms with van der Waals surface area (Å²) in [5.41, 5.74) is 0.940. The maximum atomic E-state index is 5.85. The van der Waals surface area contributed by atoms with Crippen molar-refractivity contribution in [1.29, 1.82) is 0 Å². The summed E-state index contributed by atoms with van der Waals surface area (Å²) in [7, 11) is 0. The van der Waals surface area contributed by atoms with Crippen LogP contribution in [0.25, 0.3) is 0 Å². The van der Waals surface area contributed by atoms with Gasteiger partial charge in [0, 0.05) is 12.1 Å². The molecule has 0 spiro atoms. The van der Waals surface area contributed by atoms with Crippen molar-refractivity contribution in [1.82, 2.24) is 4.98 Å². The predicted molar refractivity (Wildman–Crippen MR) is 48.3 cm³/mol. The molecule has 0 N–H and O–H groups in total. The third-order valence-corrected chi connectivity index (χ3v) is 1.99. The monoisotopic (exact) mass is 189 g/mol. The van der Waals surface area contributed by atoms with Gasteiger partial charge in [0.05, 0.1) is 10.7 Å². The lowest BCUT2D eigenvalue weighted by Crippen LogP contribution is -1.90. The van der Waals surface area contributed by atoms with Crippen LogP contribution in [0.2, 0.25) is 5.02 Å². The highest BCUT2D eigenvalue weighted by atomic mass is 35.5. The molecule has 3 heteroatoms. The van der Waals surface area contributed by atoms with Crippen molar-refractivity contribution in [2.75, 3.05) is 5.88 Å². The van der Waals surface area contributed by atoms with Gasteiger partial charge in [0.15, 0.2) is 0 Å². The molecule has 0 atom stereocenters. The van der Waals surface area contributed by atoms with Crippen LogP contribution in [-0.2, 0) is 6.42 Å². The average Bonchev–Trinajstić information content (AvgIpc) is 2.03. The summed E-state index contributed by atoms with van der Waals surface area (Å²) in [6.07, 6.45) is 3.54. The number of hydrogen-bond acceptors (Lipinski definition) is 1. The van der Waals surface area contributed by atoms with E-state index < -0.39 is 0 Å². The zero-order valence-electron chi connectivity index (χ0n) is 6.06. The van der Waals surface area contributed by atoms with Gasteiger partial charge in [-0.3, -0.25) is 4.98 Å². The summed E-state index contributed by atoms with van der Waals surface area (Å²) in [4.78, 5) is 4.13. The first-order valence-electron chi connectivity index (χ1n) is 3.50. The van der Waals surface area contributed by atoms with Crippen LogP contribution in [0.3, 0.4) is 0 Å². The fourth-order valence-electron chi connectivity index (χ4n) is 0.837. The summed E-state index contributed by atoms with van der Waals surface area (Å²) >= 11 is 11.4. The van der Waals surface area contributed by atoms with E-state index in [-0.39, 0.29) is 0 Å². The normalized spacial score (nSPS) is 10.0. The second-order valence-corrected chi connectivity index (χ2v) is 3.01. The Morgan fingerprint density at radius 3 is 2.91 bits per heavy atom. The number of nitrogens with zero attached hydrogens (tertiary/aromatic N) is 1. The molecule has 1 aromatic rings. The fourth-order valence-corrected chi connectivity index (χ4v) is 1.19.